The van der Waals surface area contributed by atoms with Crippen molar-refractivity contribution in [2.75, 3.05) is 57.6 Å². The molecule has 0 saturated carbocycles. The quantitative estimate of drug-likeness (QED) is 0.00886. The van der Waals surface area contributed by atoms with Crippen LogP contribution >= 0.6 is 35.4 Å². The molecule has 10 heterocycles. The first-order valence-corrected chi connectivity index (χ1v) is 38.5. The van der Waals surface area contributed by atoms with E-state index in [9.17, 15) is 33.1 Å². The monoisotopic (exact) mass is 1670 g/mol. The number of halogens is 2. The number of nitrogens with one attached hydrogen (secondary N) is 2. The first kappa shape index (κ1) is 92.1. The van der Waals surface area contributed by atoms with Crippen LogP contribution in [0.4, 0.5) is 11.9 Å². The minimum Gasteiger partial charge on any atom is -0.467 e. The van der Waals surface area contributed by atoms with Crippen molar-refractivity contribution < 1.29 is 108 Å². The molecule has 0 spiro atoms. The van der Waals surface area contributed by atoms with Gasteiger partial charge in [-0.3, -0.25) is 28.3 Å². The Morgan fingerprint density at radius 3 is 2.12 bits per heavy atom. The van der Waals surface area contributed by atoms with Gasteiger partial charge in [0.1, 0.15) is 54.5 Å². The molecule has 0 amide bonds. The third-order valence-electron chi connectivity index (χ3n) is 17.8. The summed E-state index contributed by atoms with van der Waals surface area (Å²) in [7, 11) is -3.68. The summed E-state index contributed by atoms with van der Waals surface area (Å²) >= 11 is 22.3. The number of nitrogen functional groups attached to an aromatic ring is 2. The molecule has 15 N–H and O–H groups in total. The Labute approximate surface area is 691 Å². The van der Waals surface area contributed by atoms with Gasteiger partial charge in [-0.05, 0) is 83.2 Å². The number of hydrogen-bond acceptors (Lipinski definition) is 30. The Morgan fingerprint density at radius 2 is 1.50 bits per heavy atom. The molecule has 4 aliphatic heterocycles. The van der Waals surface area contributed by atoms with Gasteiger partial charge in [-0.1, -0.05) is 112 Å². The second kappa shape index (κ2) is 43.6. The Morgan fingerprint density at radius 1 is 0.796 bits per heavy atom. The molecule has 4 aromatic carbocycles. The third-order valence-corrected chi connectivity index (χ3v) is 21.2. The molecule has 14 rings (SSSR count). The zero-order valence-electron chi connectivity index (χ0n) is 62.6. The number of oxime groups is 1. The van der Waals surface area contributed by atoms with Crippen molar-refractivity contribution in [2.45, 2.75) is 152 Å². The molecular formula is C72H91Cl2N16NaO19S3. The van der Waals surface area contributed by atoms with Crippen molar-refractivity contribution >= 4 is 113 Å². The predicted molar refractivity (Wildman–Crippen MR) is 423 cm³/mol. The van der Waals surface area contributed by atoms with Crippen LogP contribution in [-0.4, -0.2) is 221 Å². The van der Waals surface area contributed by atoms with Crippen LogP contribution in [0.5, 0.6) is 5.75 Å². The number of anilines is 2. The maximum atomic E-state index is 12.6. The molecule has 113 heavy (non-hydrogen) atoms. The number of thiocarbonyl (C=S) groups is 1. The standard InChI is InChI=1S/C17H18N4O3S.C15H12Cl2O.C11H16N2O5.C10H12N4O3.C8H11N5O2.C6H12O5.C5H11NS2.Na/c1-11(2)25(23,24)21-15-10-13(8-9-14(15)19-17(21)18)16(20-22)12-6-4-3-5-7-12;16-13-7-3-2-6-12(13)15(17)10-9-11-5-1-4-8-14(11)18-15;1-2-6-4-13(11(17)12-10(6)16)9-3-7(15)8(5-14)18-9;15-3-6-1-2-7(17-6)14-5-13-8-9(14)11-4-12-10(8)16;9-8-10-3-6-7(12-8)13(4-11-6)5-15-2-1-14;7-2-4-6(10)3(8)1-5(9)11-4;1-3-6(4-2)5(7)8;/h3-11,22H,1-2H3,(H2,18,19);1-8H,9-10H2;4,7-9,14-15H,2-3,5H2,1H3,(H,12,16,17);4-7,15H,1-3H2,(H,11,12,16);3-4,14H,1-2,5H2,(H2,9,10,12);3-10H,1-2H2;3-4H2,1-2H3,(H,7,8);/q;;;;;;;+1/p-1/b20-16+;;;;;;;/t;;7-,8+,9+;6-,7+;;3-,4-,5?,6+;;/m..00.1../s1. The number of fused-ring (bicyclic) bond motifs is 4. The van der Waals surface area contributed by atoms with Crippen molar-refractivity contribution in [1.82, 2.24) is 62.4 Å². The number of nitrogens with two attached hydrogens (primary N) is 2. The van der Waals surface area contributed by atoms with Crippen LogP contribution in [0.2, 0.25) is 5.02 Å². The predicted octanol–water partition coefficient (Wildman–Crippen LogP) is 1.06. The van der Waals surface area contributed by atoms with E-state index in [1.165, 1.54) is 22.7 Å². The number of alkyl halides is 1. The number of ether oxygens (including phenoxy) is 5. The van der Waals surface area contributed by atoms with Crippen LogP contribution in [0.25, 0.3) is 33.4 Å². The van der Waals surface area contributed by atoms with Crippen molar-refractivity contribution in [3.8, 4) is 5.75 Å². The van der Waals surface area contributed by atoms with Crippen LogP contribution in [0.3, 0.4) is 0 Å². The Bertz CT molecular complexity index is 5060. The van der Waals surface area contributed by atoms with Gasteiger partial charge in [0.05, 0.1) is 92.8 Å². The van der Waals surface area contributed by atoms with E-state index in [-0.39, 0.29) is 105 Å². The summed E-state index contributed by atoms with van der Waals surface area (Å²) in [6, 6.07) is 29.6. The topological polar surface area (TPSA) is 510 Å². The van der Waals surface area contributed by atoms with Gasteiger partial charge < -0.3 is 116 Å². The number of rotatable bonds is 17. The summed E-state index contributed by atoms with van der Waals surface area (Å²) < 4.78 is 58.3. The van der Waals surface area contributed by atoms with Crippen LogP contribution in [0.15, 0.2) is 148 Å². The van der Waals surface area contributed by atoms with Gasteiger partial charge in [-0.25, -0.2) is 42.1 Å². The fourth-order valence-corrected chi connectivity index (χ4v) is 14.1. The molecule has 606 valence electrons. The van der Waals surface area contributed by atoms with Crippen molar-refractivity contribution in [1.29, 1.82) is 0 Å². The van der Waals surface area contributed by atoms with E-state index >= 15 is 0 Å². The molecular weight excluding hydrogens is 1580 g/mol. The van der Waals surface area contributed by atoms with Gasteiger partial charge in [0.25, 0.3) is 11.1 Å². The van der Waals surface area contributed by atoms with Crippen molar-refractivity contribution in [3.63, 3.8) is 0 Å². The Kier molecular flexibility index (Phi) is 35.6. The number of H-pyrrole nitrogens is 2. The van der Waals surface area contributed by atoms with Gasteiger partial charge >= 0.3 is 35.2 Å². The van der Waals surface area contributed by atoms with E-state index < -0.39 is 81.2 Å². The molecule has 3 saturated heterocycles. The molecule has 2 unspecified atom stereocenters. The normalized spacial score (nSPS) is 21.0. The Hall–Kier alpha value is -8.04. The van der Waals surface area contributed by atoms with E-state index in [1.54, 1.807) is 79.1 Å². The SMILES string of the molecule is CC(C)S(=O)(=O)n1c(N)nc2ccc(/C(=N/O)c3ccccc3)cc21.CCN(CC)C(=S)[S-].CCc1cn([C@H]2C[C@H](O)[C@@H](CO)O2)c(=O)[nH]c1=O.Clc1ccccc1C1(Cl)CCc2ccccc2O1.Nc1ncc2ncn(COCCO)c2n1.O=c1[nH]cnc2c1ncn2[C@H]1CC[C@@H](CO)O1.OC[C@H]1OC(O)C[C@@H](O)[C@@H]1O.[Na+]. The van der Waals surface area contributed by atoms with E-state index in [1.807, 2.05) is 79.4 Å². The number of hydrogen-bond donors (Lipinski definition) is 13. The molecule has 0 aliphatic carbocycles. The maximum absolute atomic E-state index is 12.6. The fraction of sp³-hybridized carbons (Fsp3) is 0.431. The average molecular weight is 1670 g/mol. The summed E-state index contributed by atoms with van der Waals surface area (Å²) in [6.07, 6.45) is 4.76. The molecule has 0 bridgehead atoms. The largest absolute Gasteiger partial charge is 1.00 e. The summed E-state index contributed by atoms with van der Waals surface area (Å²) in [4.78, 5) is 65.4. The minimum atomic E-state index is -3.68. The molecule has 35 nitrogen and oxygen atoms in total. The molecule has 4 aliphatic rings. The summed E-state index contributed by atoms with van der Waals surface area (Å²) in [5.41, 5.74) is 17.1. The number of para-hydroxylation sites is 1. The summed E-state index contributed by atoms with van der Waals surface area (Å²) in [5, 5.41) is 83.8. The number of aromatic nitrogens is 12. The number of aliphatic hydroxyl groups excluding tert-OH is 8. The molecule has 10 atom stereocenters. The average Bonchev–Trinajstić information content (AvgIpc) is 1.61. The summed E-state index contributed by atoms with van der Waals surface area (Å²) in [5.74, 6) is 0.952. The van der Waals surface area contributed by atoms with Crippen LogP contribution in [-0.2, 0) is 66.2 Å². The van der Waals surface area contributed by atoms with Crippen LogP contribution < -0.4 is 62.6 Å². The van der Waals surface area contributed by atoms with Gasteiger partial charge in [-0.15, -0.1) is 0 Å². The van der Waals surface area contributed by atoms with Gasteiger partial charge in [0.15, 0.2) is 23.1 Å². The van der Waals surface area contributed by atoms with Gasteiger partial charge in [0, 0.05) is 65.8 Å². The zero-order chi connectivity index (χ0) is 81.6. The molecule has 41 heteroatoms. The van der Waals surface area contributed by atoms with E-state index in [0.717, 1.165) is 54.1 Å². The van der Waals surface area contributed by atoms with E-state index in [4.69, 9.17) is 119 Å². The maximum Gasteiger partial charge on any atom is 1.00 e. The zero-order valence-corrected chi connectivity index (χ0v) is 68.6. The fourth-order valence-electron chi connectivity index (χ4n) is 11.8. The second-order valence-corrected chi connectivity index (χ2v) is 29.9. The molecule has 0 radical (unpaired) electrons. The first-order valence-electron chi connectivity index (χ1n) is 35.4. The number of benzene rings is 4. The van der Waals surface area contributed by atoms with Crippen LogP contribution in [0, 0.1) is 0 Å². The van der Waals surface area contributed by atoms with Gasteiger partial charge in [0.2, 0.25) is 27.0 Å². The number of aryl methyl sites for hydroxylation is 2. The number of nitrogens with zero attached hydrogens (tertiary/aromatic N) is 12. The molecule has 3 fully saturated rings. The molecule has 6 aromatic heterocycles. The van der Waals surface area contributed by atoms with E-state index in [2.05, 4.69) is 51.1 Å². The van der Waals surface area contributed by atoms with Gasteiger partial charge in [-0.2, -0.15) is 4.98 Å². The second-order valence-electron chi connectivity index (χ2n) is 25.5. The van der Waals surface area contributed by atoms with E-state index in [0.29, 0.717) is 71.5 Å². The Balaban J connectivity index is 0.000000186. The minimum absolute atomic E-state index is 0. The summed E-state index contributed by atoms with van der Waals surface area (Å²) in [6.45, 7) is 10.8. The smallest absolute Gasteiger partial charge is 0.467 e. The first-order chi connectivity index (χ1) is 53.6. The van der Waals surface area contributed by atoms with Crippen molar-refractivity contribution in [3.05, 3.63) is 192 Å². The third kappa shape index (κ3) is 23.8. The number of aromatic amines is 2. The molecule has 10 aromatic rings. The van der Waals surface area contributed by atoms with Crippen molar-refractivity contribution in [2.24, 2.45) is 5.16 Å². The van der Waals surface area contributed by atoms with Crippen LogP contribution in [0.1, 0.15) is 107 Å². The number of imidazole rings is 3. The number of aliphatic hydroxyl groups is 8.